The highest BCUT2D eigenvalue weighted by molar-refractivity contribution is 6.05. The summed E-state index contributed by atoms with van der Waals surface area (Å²) in [5.41, 5.74) is 6.65. The number of methoxy groups -OCH3 is 1. The summed E-state index contributed by atoms with van der Waals surface area (Å²) in [6, 6.07) is 6.81. The fraction of sp³-hybridized carbons (Fsp3) is 0.167. The van der Waals surface area contributed by atoms with Crippen LogP contribution in [0.4, 0.5) is 11.5 Å². The largest absolute Gasteiger partial charge is 0.497 e. The van der Waals surface area contributed by atoms with E-state index in [0.29, 0.717) is 22.8 Å². The molecule has 0 spiro atoms. The number of amides is 1. The van der Waals surface area contributed by atoms with Crippen molar-refractivity contribution in [1.82, 2.24) is 9.78 Å². The number of hydrogen-bond acceptors (Lipinski definition) is 4. The van der Waals surface area contributed by atoms with Crippen LogP contribution in [0.2, 0.25) is 0 Å². The van der Waals surface area contributed by atoms with Gasteiger partial charge in [0.2, 0.25) is 0 Å². The van der Waals surface area contributed by atoms with E-state index in [1.54, 1.807) is 38.4 Å². The number of hydrogen-bond donors (Lipinski definition) is 2. The van der Waals surface area contributed by atoms with Crippen molar-refractivity contribution in [2.45, 2.75) is 0 Å². The summed E-state index contributed by atoms with van der Waals surface area (Å²) < 4.78 is 6.54. The third kappa shape index (κ3) is 2.27. The van der Waals surface area contributed by atoms with Crippen LogP contribution in [0.15, 0.2) is 30.5 Å². The first-order valence-corrected chi connectivity index (χ1v) is 5.34. The normalized spacial score (nSPS) is 10.1. The van der Waals surface area contributed by atoms with Crippen LogP contribution in [0.5, 0.6) is 5.75 Å². The lowest BCUT2D eigenvalue weighted by Crippen LogP contribution is -2.15. The lowest BCUT2D eigenvalue weighted by atomic mass is 10.2. The summed E-state index contributed by atoms with van der Waals surface area (Å²) in [7, 11) is 3.28. The number of aromatic nitrogens is 2. The second kappa shape index (κ2) is 4.79. The predicted octanol–water partition coefficient (Wildman–Crippen LogP) is 1.26. The van der Waals surface area contributed by atoms with E-state index in [-0.39, 0.29) is 5.91 Å². The van der Waals surface area contributed by atoms with Crippen LogP contribution in [-0.2, 0) is 7.05 Å². The van der Waals surface area contributed by atoms with Crippen molar-refractivity contribution < 1.29 is 9.53 Å². The molecular formula is C12H14N4O2. The summed E-state index contributed by atoms with van der Waals surface area (Å²) in [5, 5.41) is 6.66. The molecule has 0 aliphatic heterocycles. The molecule has 1 aromatic heterocycles. The molecule has 3 N–H and O–H groups in total. The molecule has 0 fully saturated rings. The van der Waals surface area contributed by atoms with Crippen molar-refractivity contribution in [2.75, 3.05) is 18.2 Å². The van der Waals surface area contributed by atoms with E-state index in [0.717, 1.165) is 0 Å². The lowest BCUT2D eigenvalue weighted by molar-refractivity contribution is 0.102. The number of benzene rings is 1. The first-order chi connectivity index (χ1) is 8.61. The summed E-state index contributed by atoms with van der Waals surface area (Å²) in [5.74, 6) is 0.940. The number of aryl methyl sites for hydroxylation is 1. The van der Waals surface area contributed by atoms with Gasteiger partial charge in [0, 0.05) is 12.6 Å². The van der Waals surface area contributed by atoms with Gasteiger partial charge in [-0.1, -0.05) is 0 Å². The smallest absolute Gasteiger partial charge is 0.256 e. The zero-order valence-electron chi connectivity index (χ0n) is 10.2. The number of nitrogens with zero attached hydrogens (tertiary/aromatic N) is 2. The third-order valence-electron chi connectivity index (χ3n) is 2.55. The van der Waals surface area contributed by atoms with Crippen molar-refractivity contribution in [2.24, 2.45) is 7.05 Å². The molecule has 1 aromatic carbocycles. The molecule has 0 radical (unpaired) electrons. The van der Waals surface area contributed by atoms with Gasteiger partial charge < -0.3 is 15.8 Å². The van der Waals surface area contributed by atoms with E-state index < -0.39 is 0 Å². The van der Waals surface area contributed by atoms with Gasteiger partial charge in [-0.05, 0) is 24.3 Å². The Hall–Kier alpha value is -2.50. The number of nitrogens with two attached hydrogens (primary N) is 1. The molecule has 1 heterocycles. The molecule has 0 unspecified atom stereocenters. The van der Waals surface area contributed by atoms with Crippen LogP contribution in [0.3, 0.4) is 0 Å². The highest BCUT2D eigenvalue weighted by atomic mass is 16.5. The average molecular weight is 246 g/mol. The summed E-state index contributed by atoms with van der Waals surface area (Å²) in [4.78, 5) is 12.0. The highest BCUT2D eigenvalue weighted by Gasteiger charge is 2.11. The van der Waals surface area contributed by atoms with Gasteiger partial charge in [0.05, 0.1) is 19.0 Å². The molecule has 1 amide bonds. The topological polar surface area (TPSA) is 82.2 Å². The molecule has 18 heavy (non-hydrogen) atoms. The minimum atomic E-state index is -0.243. The molecule has 0 aliphatic rings. The molecule has 2 rings (SSSR count). The van der Waals surface area contributed by atoms with Gasteiger partial charge in [0.15, 0.2) is 5.82 Å². The first kappa shape index (κ1) is 12.0. The first-order valence-electron chi connectivity index (χ1n) is 5.34. The zero-order valence-corrected chi connectivity index (χ0v) is 10.2. The molecule has 0 bridgehead atoms. The summed E-state index contributed by atoms with van der Waals surface area (Å²) in [6.07, 6.45) is 1.49. The summed E-state index contributed by atoms with van der Waals surface area (Å²) >= 11 is 0. The van der Waals surface area contributed by atoms with Crippen LogP contribution in [0.1, 0.15) is 10.4 Å². The predicted molar refractivity (Wildman–Crippen MR) is 68.6 cm³/mol. The Bertz CT molecular complexity index is 540. The monoisotopic (exact) mass is 246 g/mol. The molecule has 6 heteroatoms. The molecule has 0 atom stereocenters. The van der Waals surface area contributed by atoms with Gasteiger partial charge in [0.25, 0.3) is 5.91 Å². The van der Waals surface area contributed by atoms with Gasteiger partial charge in [-0.3, -0.25) is 9.48 Å². The van der Waals surface area contributed by atoms with Gasteiger partial charge in [0.1, 0.15) is 5.75 Å². The lowest BCUT2D eigenvalue weighted by Gasteiger charge is -2.07. The Labute approximate surface area is 104 Å². The van der Waals surface area contributed by atoms with E-state index in [4.69, 9.17) is 10.5 Å². The maximum Gasteiger partial charge on any atom is 0.256 e. The van der Waals surface area contributed by atoms with E-state index in [1.165, 1.54) is 10.9 Å². The minimum Gasteiger partial charge on any atom is -0.497 e. The van der Waals surface area contributed by atoms with Crippen LogP contribution in [0, 0.1) is 0 Å². The van der Waals surface area contributed by atoms with E-state index in [9.17, 15) is 4.79 Å². The van der Waals surface area contributed by atoms with Gasteiger partial charge >= 0.3 is 0 Å². The fourth-order valence-corrected chi connectivity index (χ4v) is 1.53. The number of carbonyl (C=O) groups is 1. The van der Waals surface area contributed by atoms with Crippen LogP contribution in [-0.4, -0.2) is 22.8 Å². The average Bonchev–Trinajstić information content (AvgIpc) is 2.70. The van der Waals surface area contributed by atoms with Crippen LogP contribution < -0.4 is 15.8 Å². The highest BCUT2D eigenvalue weighted by Crippen LogP contribution is 2.18. The van der Waals surface area contributed by atoms with Crippen molar-refractivity contribution in [1.29, 1.82) is 0 Å². The molecule has 94 valence electrons. The molecular weight excluding hydrogens is 232 g/mol. The number of ether oxygens (including phenoxy) is 1. The number of carbonyl (C=O) groups excluding carboxylic acids is 1. The molecule has 6 nitrogen and oxygen atoms in total. The van der Waals surface area contributed by atoms with Crippen molar-refractivity contribution in [3.05, 3.63) is 36.0 Å². The number of anilines is 2. The second-order valence-corrected chi connectivity index (χ2v) is 3.75. The Balaban J connectivity index is 2.17. The Kier molecular flexibility index (Phi) is 3.18. The SMILES string of the molecule is COc1ccc(C(=O)Nc2c(N)cnn2C)cc1. The molecule has 0 aliphatic carbocycles. The third-order valence-corrected chi connectivity index (χ3v) is 2.55. The maximum atomic E-state index is 12.0. The van der Waals surface area contributed by atoms with Crippen molar-refractivity contribution in [3.8, 4) is 5.75 Å². The molecule has 0 saturated carbocycles. The Morgan fingerprint density at radius 1 is 1.39 bits per heavy atom. The summed E-state index contributed by atoms with van der Waals surface area (Å²) in [6.45, 7) is 0. The van der Waals surface area contributed by atoms with Gasteiger partial charge in [-0.15, -0.1) is 0 Å². The van der Waals surface area contributed by atoms with Crippen LogP contribution in [0.25, 0.3) is 0 Å². The van der Waals surface area contributed by atoms with Gasteiger partial charge in [-0.2, -0.15) is 5.10 Å². The minimum absolute atomic E-state index is 0.243. The van der Waals surface area contributed by atoms with Crippen molar-refractivity contribution >= 4 is 17.4 Å². The van der Waals surface area contributed by atoms with E-state index in [1.807, 2.05) is 0 Å². The van der Waals surface area contributed by atoms with E-state index in [2.05, 4.69) is 10.4 Å². The molecule has 0 saturated heterocycles. The quantitative estimate of drug-likeness (QED) is 0.854. The second-order valence-electron chi connectivity index (χ2n) is 3.75. The number of nitrogen functional groups attached to an aromatic ring is 1. The molecule has 2 aromatic rings. The Morgan fingerprint density at radius 3 is 2.56 bits per heavy atom. The number of nitrogens with one attached hydrogen (secondary N) is 1. The van der Waals surface area contributed by atoms with Gasteiger partial charge in [-0.25, -0.2) is 0 Å². The van der Waals surface area contributed by atoms with Crippen molar-refractivity contribution in [3.63, 3.8) is 0 Å². The standard InChI is InChI=1S/C12H14N4O2/c1-16-11(10(13)7-14-16)15-12(17)8-3-5-9(18-2)6-4-8/h3-7H,13H2,1-2H3,(H,15,17). The Morgan fingerprint density at radius 2 is 2.06 bits per heavy atom. The zero-order chi connectivity index (χ0) is 13.1. The number of rotatable bonds is 3. The maximum absolute atomic E-state index is 12.0. The van der Waals surface area contributed by atoms with Crippen LogP contribution >= 0.6 is 0 Å². The fourth-order valence-electron chi connectivity index (χ4n) is 1.53. The van der Waals surface area contributed by atoms with E-state index >= 15 is 0 Å².